The number of benzene rings is 9. The maximum atomic E-state index is 14.1. The first-order valence-corrected chi connectivity index (χ1v) is 24.3. The molecule has 0 aliphatic rings. The van der Waals surface area contributed by atoms with E-state index in [1.54, 1.807) is 35.0 Å². The maximum absolute atomic E-state index is 14.1. The molecule has 0 unspecified atom stereocenters. The first-order valence-electron chi connectivity index (χ1n) is 23.2. The highest BCUT2D eigenvalue weighted by Gasteiger charge is 2.21. The zero-order valence-electron chi connectivity index (χ0n) is 39.9. The standard InChI is InChI=1S/C20H14F2N2.C19H12F2N2.C14H11IN2.C6H5BF2O2/c1-24-18-11-10-14(19-16(21)8-5-9-17(19)22)12-15(18)20(23-24)13-6-3-2-4-7-13;20-15-7-4-8-16(21)18(15)13-9-10-17-14(11-13)19(23-22-17)12-5-2-1-3-6-12;1-17-13-8-7-11(15)9-12(13)14(16-17)10-5-3-2-4-6-10;8-4-2-1-3-5(9)6(4)7(10)11/h2-12H,1H3;1-11H,(H,22,23);2-9H,1H3;1-3,10-11H. The van der Waals surface area contributed by atoms with Crippen LogP contribution in [-0.2, 0) is 14.1 Å². The first kappa shape index (κ1) is 51.6. The van der Waals surface area contributed by atoms with Gasteiger partial charge in [0.2, 0.25) is 0 Å². The molecule has 0 radical (unpaired) electrons. The number of aryl methyl sites for hydroxylation is 2. The maximum Gasteiger partial charge on any atom is 0.494 e. The smallest absolute Gasteiger partial charge is 0.423 e. The number of halogens is 7. The molecule has 12 aromatic rings. The number of nitrogens with zero attached hydrogens (tertiary/aromatic N) is 5. The lowest BCUT2D eigenvalue weighted by Crippen LogP contribution is -2.35. The van der Waals surface area contributed by atoms with Crippen molar-refractivity contribution >= 4 is 67.9 Å². The first-order chi connectivity index (χ1) is 36.3. The quantitative estimate of drug-likeness (QED) is 0.0874. The van der Waals surface area contributed by atoms with Gasteiger partial charge in [0, 0.05) is 50.5 Å². The van der Waals surface area contributed by atoms with Crippen LogP contribution in [0.1, 0.15) is 0 Å². The van der Waals surface area contributed by atoms with E-state index in [1.807, 2.05) is 104 Å². The summed E-state index contributed by atoms with van der Waals surface area (Å²) in [7, 11) is 1.75. The summed E-state index contributed by atoms with van der Waals surface area (Å²) in [6.45, 7) is 0. The number of aromatic nitrogens is 6. The third kappa shape index (κ3) is 11.3. The minimum atomic E-state index is -2.10. The van der Waals surface area contributed by atoms with Crippen molar-refractivity contribution in [2.24, 2.45) is 14.1 Å². The summed E-state index contributed by atoms with van der Waals surface area (Å²) in [5.41, 5.74) is 8.86. The summed E-state index contributed by atoms with van der Waals surface area (Å²) in [4.78, 5) is 0. The van der Waals surface area contributed by atoms with Crippen LogP contribution < -0.4 is 5.46 Å². The summed E-state index contributed by atoms with van der Waals surface area (Å²) in [6, 6.07) is 57.6. The predicted molar refractivity (Wildman–Crippen MR) is 293 cm³/mol. The lowest BCUT2D eigenvalue weighted by atomic mass is 9.79. The summed E-state index contributed by atoms with van der Waals surface area (Å²) in [5, 5.41) is 36.3. The monoisotopic (exact) mass is 1120 g/mol. The van der Waals surface area contributed by atoms with Crippen LogP contribution >= 0.6 is 22.6 Å². The van der Waals surface area contributed by atoms with Gasteiger partial charge in [-0.1, -0.05) is 121 Å². The van der Waals surface area contributed by atoms with Crippen LogP contribution in [0.25, 0.3) is 88.7 Å². The van der Waals surface area contributed by atoms with Crippen LogP contribution in [0, 0.1) is 38.5 Å². The average Bonchev–Trinajstić information content (AvgIpc) is 4.10. The number of aromatic amines is 1. The number of H-pyrrole nitrogens is 1. The zero-order valence-corrected chi connectivity index (χ0v) is 42.1. The van der Waals surface area contributed by atoms with Gasteiger partial charge in [-0.2, -0.15) is 15.3 Å². The number of nitrogens with one attached hydrogen (secondary N) is 1. The molecule has 8 nitrogen and oxygen atoms in total. The van der Waals surface area contributed by atoms with Gasteiger partial charge in [0.15, 0.2) is 0 Å². The molecule has 3 N–H and O–H groups in total. The van der Waals surface area contributed by atoms with Crippen LogP contribution in [0.5, 0.6) is 0 Å². The average molecular weight is 1120 g/mol. The third-order valence-corrected chi connectivity index (χ3v) is 12.8. The van der Waals surface area contributed by atoms with E-state index in [9.17, 15) is 26.3 Å². The summed E-state index contributed by atoms with van der Waals surface area (Å²) < 4.78 is 86.3. The van der Waals surface area contributed by atoms with Crippen LogP contribution in [0.3, 0.4) is 0 Å². The number of rotatable bonds is 6. The van der Waals surface area contributed by atoms with Gasteiger partial charge < -0.3 is 10.0 Å². The Kier molecular flexibility index (Phi) is 15.7. The van der Waals surface area contributed by atoms with Gasteiger partial charge in [-0.05, 0) is 113 Å². The molecule has 16 heteroatoms. The Morgan fingerprint density at radius 2 is 0.800 bits per heavy atom. The summed E-state index contributed by atoms with van der Waals surface area (Å²) >= 11 is 2.34. The van der Waals surface area contributed by atoms with Crippen molar-refractivity contribution < 1.29 is 36.4 Å². The SMILES string of the molecule is Cn1nc(-c2ccccc2)c2cc(-c3c(F)cccc3F)ccc21.Cn1nc(-c2ccccc2)c2cc(I)ccc21.Fc1cccc(F)c1-c1ccc2[nH]nc(-c3ccccc3)c2c1.OB(O)c1c(F)cccc1F. The van der Waals surface area contributed by atoms with Crippen molar-refractivity contribution in [3.8, 4) is 56.0 Å². The van der Waals surface area contributed by atoms with Crippen LogP contribution in [0.4, 0.5) is 26.3 Å². The van der Waals surface area contributed by atoms with Crippen LogP contribution in [0.15, 0.2) is 200 Å². The van der Waals surface area contributed by atoms with Gasteiger partial charge in [0.25, 0.3) is 0 Å². The Bertz CT molecular complexity index is 3890. The fraction of sp³-hybridized carbons (Fsp3) is 0.0339. The van der Waals surface area contributed by atoms with E-state index >= 15 is 0 Å². The second-order valence-electron chi connectivity index (χ2n) is 17.0. The highest BCUT2D eigenvalue weighted by molar-refractivity contribution is 14.1. The molecule has 9 aromatic carbocycles. The topological polar surface area (TPSA) is 105 Å². The Labute approximate surface area is 440 Å². The molecule has 0 bridgehead atoms. The fourth-order valence-electron chi connectivity index (χ4n) is 8.57. The van der Waals surface area contributed by atoms with E-state index in [-0.39, 0.29) is 11.1 Å². The minimum Gasteiger partial charge on any atom is -0.423 e. The summed E-state index contributed by atoms with van der Waals surface area (Å²) in [5.74, 6) is -4.21. The highest BCUT2D eigenvalue weighted by atomic mass is 127. The van der Waals surface area contributed by atoms with Crippen molar-refractivity contribution in [1.29, 1.82) is 0 Å². The van der Waals surface area contributed by atoms with Crippen LogP contribution in [-0.4, -0.2) is 46.9 Å². The second-order valence-corrected chi connectivity index (χ2v) is 18.2. The Hall–Kier alpha value is -8.32. The molecule has 0 amide bonds. The van der Waals surface area contributed by atoms with Gasteiger partial charge in [0.1, 0.15) is 46.3 Å². The predicted octanol–water partition coefficient (Wildman–Crippen LogP) is 13.9. The number of hydrogen-bond acceptors (Lipinski definition) is 5. The zero-order chi connectivity index (χ0) is 52.8. The van der Waals surface area contributed by atoms with Crippen molar-refractivity contribution in [3.05, 3.63) is 239 Å². The molecule has 0 fully saturated rings. The van der Waals surface area contributed by atoms with Gasteiger partial charge in [0.05, 0.1) is 38.8 Å². The number of fused-ring (bicyclic) bond motifs is 3. The van der Waals surface area contributed by atoms with Crippen molar-refractivity contribution in [1.82, 2.24) is 29.8 Å². The van der Waals surface area contributed by atoms with E-state index in [2.05, 4.69) is 73.3 Å². The van der Waals surface area contributed by atoms with E-state index < -0.39 is 47.5 Å². The Morgan fingerprint density at radius 3 is 1.24 bits per heavy atom. The fourth-order valence-corrected chi connectivity index (χ4v) is 9.06. The molecule has 3 aromatic heterocycles. The summed E-state index contributed by atoms with van der Waals surface area (Å²) in [6.07, 6.45) is 0. The molecule has 75 heavy (non-hydrogen) atoms. The highest BCUT2D eigenvalue weighted by Crippen LogP contribution is 2.35. The molecule has 0 saturated heterocycles. The van der Waals surface area contributed by atoms with Gasteiger partial charge in [-0.25, -0.2) is 26.3 Å². The van der Waals surface area contributed by atoms with E-state index in [0.29, 0.717) is 11.1 Å². The molecule has 12 rings (SSSR count). The number of hydrogen-bond donors (Lipinski definition) is 3. The molecule has 0 saturated carbocycles. The van der Waals surface area contributed by atoms with E-state index in [4.69, 9.17) is 10.0 Å². The Balaban J connectivity index is 0.000000127. The van der Waals surface area contributed by atoms with Crippen molar-refractivity contribution in [2.75, 3.05) is 0 Å². The molecular weight excluding hydrogens is 1080 g/mol. The van der Waals surface area contributed by atoms with E-state index in [1.165, 1.54) is 56.4 Å². The van der Waals surface area contributed by atoms with Gasteiger partial charge in [-0.3, -0.25) is 14.5 Å². The minimum absolute atomic E-state index is 0.0118. The molecule has 372 valence electrons. The van der Waals surface area contributed by atoms with E-state index in [0.717, 1.165) is 68.2 Å². The van der Waals surface area contributed by atoms with Gasteiger partial charge >= 0.3 is 7.12 Å². The molecular formula is C59H42BF6IN6O2. The molecule has 0 aliphatic carbocycles. The Morgan fingerprint density at radius 1 is 0.413 bits per heavy atom. The van der Waals surface area contributed by atoms with Crippen LogP contribution in [0.2, 0.25) is 0 Å². The molecule has 0 atom stereocenters. The largest absolute Gasteiger partial charge is 0.494 e. The lowest BCUT2D eigenvalue weighted by Gasteiger charge is -2.06. The van der Waals surface area contributed by atoms with Crippen molar-refractivity contribution in [3.63, 3.8) is 0 Å². The van der Waals surface area contributed by atoms with Gasteiger partial charge in [-0.15, -0.1) is 0 Å². The lowest BCUT2D eigenvalue weighted by molar-refractivity contribution is 0.419. The third-order valence-electron chi connectivity index (χ3n) is 12.1. The molecule has 0 spiro atoms. The normalized spacial score (nSPS) is 10.9. The van der Waals surface area contributed by atoms with Crippen molar-refractivity contribution in [2.45, 2.75) is 0 Å². The molecule has 3 heterocycles. The second kappa shape index (κ2) is 22.8. The molecule has 0 aliphatic heterocycles.